The zero-order valence-electron chi connectivity index (χ0n) is 8.71. The van der Waals surface area contributed by atoms with Crippen molar-refractivity contribution in [3.05, 3.63) is 11.6 Å². The van der Waals surface area contributed by atoms with Gasteiger partial charge in [-0.05, 0) is 32.8 Å². The van der Waals surface area contributed by atoms with Gasteiger partial charge < -0.3 is 4.74 Å². The van der Waals surface area contributed by atoms with E-state index in [9.17, 15) is 9.59 Å². The maximum Gasteiger partial charge on any atom is 0.312 e. The number of allylic oxidation sites excluding steroid dienone is 1. The highest BCUT2D eigenvalue weighted by Crippen LogP contribution is 2.23. The predicted octanol–water partition coefficient (Wildman–Crippen LogP) is 1.86. The molecule has 1 aliphatic rings. The summed E-state index contributed by atoms with van der Waals surface area (Å²) in [6.07, 6.45) is 3.91. The quantitative estimate of drug-likeness (QED) is 0.647. The van der Waals surface area contributed by atoms with Crippen LogP contribution < -0.4 is 0 Å². The molecule has 0 aromatic carbocycles. The third-order valence-corrected chi connectivity index (χ3v) is 2.43. The Morgan fingerprint density at radius 2 is 2.29 bits per heavy atom. The average molecular weight is 196 g/mol. The Kier molecular flexibility index (Phi) is 3.86. The van der Waals surface area contributed by atoms with Crippen LogP contribution in [0.25, 0.3) is 0 Å². The lowest BCUT2D eigenvalue weighted by Gasteiger charge is -2.17. The molecular formula is C11H16O3. The second-order valence-electron chi connectivity index (χ2n) is 3.51. The van der Waals surface area contributed by atoms with Gasteiger partial charge in [-0.2, -0.15) is 0 Å². The predicted molar refractivity (Wildman–Crippen MR) is 52.7 cm³/mol. The zero-order valence-corrected chi connectivity index (χ0v) is 8.71. The van der Waals surface area contributed by atoms with E-state index in [0.717, 1.165) is 18.4 Å². The molecule has 0 fully saturated rings. The molecule has 0 amide bonds. The molecule has 1 rings (SSSR count). The van der Waals surface area contributed by atoms with Crippen LogP contribution in [0.2, 0.25) is 0 Å². The monoisotopic (exact) mass is 196 g/mol. The van der Waals surface area contributed by atoms with Gasteiger partial charge in [-0.15, -0.1) is 0 Å². The van der Waals surface area contributed by atoms with E-state index in [1.807, 2.05) is 0 Å². The first-order valence-electron chi connectivity index (χ1n) is 5.05. The van der Waals surface area contributed by atoms with Gasteiger partial charge in [0.1, 0.15) is 0 Å². The summed E-state index contributed by atoms with van der Waals surface area (Å²) in [5.41, 5.74) is 0.916. The minimum atomic E-state index is -0.265. The van der Waals surface area contributed by atoms with Crippen LogP contribution in [0.15, 0.2) is 11.6 Å². The van der Waals surface area contributed by atoms with Gasteiger partial charge in [0.05, 0.1) is 12.5 Å². The molecule has 0 saturated heterocycles. The molecule has 1 aliphatic carbocycles. The van der Waals surface area contributed by atoms with Crippen LogP contribution in [0.4, 0.5) is 0 Å². The van der Waals surface area contributed by atoms with E-state index < -0.39 is 0 Å². The second-order valence-corrected chi connectivity index (χ2v) is 3.51. The van der Waals surface area contributed by atoms with Crippen molar-refractivity contribution in [1.29, 1.82) is 0 Å². The van der Waals surface area contributed by atoms with E-state index in [-0.39, 0.29) is 17.7 Å². The van der Waals surface area contributed by atoms with Gasteiger partial charge in [-0.1, -0.05) is 5.57 Å². The minimum Gasteiger partial charge on any atom is -0.466 e. The first kappa shape index (κ1) is 11.0. The lowest BCUT2D eigenvalue weighted by molar-refractivity contribution is -0.146. The molecule has 0 N–H and O–H groups in total. The van der Waals surface area contributed by atoms with Crippen molar-refractivity contribution < 1.29 is 14.3 Å². The summed E-state index contributed by atoms with van der Waals surface area (Å²) in [7, 11) is 0. The molecule has 0 aromatic heterocycles. The van der Waals surface area contributed by atoms with Crippen molar-refractivity contribution in [2.45, 2.75) is 33.1 Å². The fraction of sp³-hybridized carbons (Fsp3) is 0.636. The van der Waals surface area contributed by atoms with Gasteiger partial charge in [0, 0.05) is 6.42 Å². The maximum atomic E-state index is 11.4. The lowest BCUT2D eigenvalue weighted by atomic mass is 9.90. The summed E-state index contributed by atoms with van der Waals surface area (Å²) in [5.74, 6) is -0.366. The molecule has 1 unspecified atom stereocenters. The number of hydrogen-bond acceptors (Lipinski definition) is 3. The van der Waals surface area contributed by atoms with Crippen molar-refractivity contribution in [1.82, 2.24) is 0 Å². The summed E-state index contributed by atoms with van der Waals surface area (Å²) in [5, 5.41) is 0. The summed E-state index contributed by atoms with van der Waals surface area (Å²) in [6.45, 7) is 3.97. The Bertz CT molecular complexity index is 266. The number of carbonyl (C=O) groups excluding carboxylic acids is 2. The smallest absolute Gasteiger partial charge is 0.312 e. The van der Waals surface area contributed by atoms with Gasteiger partial charge in [0.25, 0.3) is 0 Å². The van der Waals surface area contributed by atoms with E-state index in [1.54, 1.807) is 19.9 Å². The molecule has 0 aromatic rings. The van der Waals surface area contributed by atoms with Crippen molar-refractivity contribution in [3.8, 4) is 0 Å². The molecule has 14 heavy (non-hydrogen) atoms. The van der Waals surface area contributed by atoms with Gasteiger partial charge in [-0.25, -0.2) is 0 Å². The first-order chi connectivity index (χ1) is 6.65. The summed E-state index contributed by atoms with van der Waals surface area (Å²) >= 11 is 0. The second kappa shape index (κ2) is 4.94. The topological polar surface area (TPSA) is 43.4 Å². The number of ketones is 1. The summed E-state index contributed by atoms with van der Waals surface area (Å²) in [6, 6.07) is 0. The largest absolute Gasteiger partial charge is 0.466 e. The number of carbonyl (C=O) groups is 2. The fourth-order valence-corrected chi connectivity index (χ4v) is 1.58. The van der Waals surface area contributed by atoms with Crippen LogP contribution in [0.5, 0.6) is 0 Å². The van der Waals surface area contributed by atoms with Crippen molar-refractivity contribution >= 4 is 11.8 Å². The fourth-order valence-electron chi connectivity index (χ4n) is 1.58. The molecular weight excluding hydrogens is 180 g/mol. The molecule has 3 nitrogen and oxygen atoms in total. The highest BCUT2D eigenvalue weighted by Gasteiger charge is 2.21. The van der Waals surface area contributed by atoms with Crippen LogP contribution in [0.3, 0.4) is 0 Å². The first-order valence-corrected chi connectivity index (χ1v) is 5.05. The Balaban J connectivity index is 2.63. The Morgan fingerprint density at radius 1 is 1.57 bits per heavy atom. The Labute approximate surface area is 84.1 Å². The van der Waals surface area contributed by atoms with E-state index >= 15 is 0 Å². The van der Waals surface area contributed by atoms with Gasteiger partial charge in [-0.3, -0.25) is 9.59 Å². The Morgan fingerprint density at radius 3 is 2.86 bits per heavy atom. The SMILES string of the molecule is CCOC(=O)C(C)C1=CC(=O)CCC1. The molecule has 0 aliphatic heterocycles. The third kappa shape index (κ3) is 2.69. The normalized spacial score (nSPS) is 18.7. The van der Waals surface area contributed by atoms with Gasteiger partial charge in [0.2, 0.25) is 0 Å². The highest BCUT2D eigenvalue weighted by molar-refractivity contribution is 5.92. The zero-order chi connectivity index (χ0) is 10.6. The van der Waals surface area contributed by atoms with E-state index in [0.29, 0.717) is 13.0 Å². The van der Waals surface area contributed by atoms with E-state index in [2.05, 4.69) is 0 Å². The van der Waals surface area contributed by atoms with E-state index in [4.69, 9.17) is 4.74 Å². The minimum absolute atomic E-state index is 0.127. The number of ether oxygens (including phenoxy) is 1. The van der Waals surface area contributed by atoms with Crippen LogP contribution in [0.1, 0.15) is 33.1 Å². The average Bonchev–Trinajstić information content (AvgIpc) is 2.17. The molecule has 0 saturated carbocycles. The third-order valence-electron chi connectivity index (χ3n) is 2.43. The van der Waals surface area contributed by atoms with Crippen molar-refractivity contribution in [3.63, 3.8) is 0 Å². The summed E-state index contributed by atoms with van der Waals surface area (Å²) in [4.78, 5) is 22.5. The molecule has 78 valence electrons. The van der Waals surface area contributed by atoms with Gasteiger partial charge in [0.15, 0.2) is 5.78 Å². The maximum absolute atomic E-state index is 11.4. The van der Waals surface area contributed by atoms with Gasteiger partial charge >= 0.3 is 5.97 Å². The molecule has 0 heterocycles. The Hall–Kier alpha value is -1.12. The molecule has 0 spiro atoms. The van der Waals surface area contributed by atoms with E-state index in [1.165, 1.54) is 0 Å². The molecule has 0 bridgehead atoms. The van der Waals surface area contributed by atoms with Crippen LogP contribution in [0, 0.1) is 5.92 Å². The van der Waals surface area contributed by atoms with Crippen molar-refractivity contribution in [2.24, 2.45) is 5.92 Å². The standard InChI is InChI=1S/C11H16O3/c1-3-14-11(13)8(2)9-5-4-6-10(12)7-9/h7-8H,3-6H2,1-2H3. The summed E-state index contributed by atoms with van der Waals surface area (Å²) < 4.78 is 4.90. The molecule has 1 atom stereocenters. The highest BCUT2D eigenvalue weighted by atomic mass is 16.5. The molecule has 3 heteroatoms. The molecule has 0 radical (unpaired) electrons. The van der Waals surface area contributed by atoms with Crippen LogP contribution in [-0.4, -0.2) is 18.4 Å². The van der Waals surface area contributed by atoms with Crippen LogP contribution in [-0.2, 0) is 14.3 Å². The number of esters is 1. The number of hydrogen-bond donors (Lipinski definition) is 0. The van der Waals surface area contributed by atoms with Crippen LogP contribution >= 0.6 is 0 Å². The number of rotatable bonds is 3. The lowest BCUT2D eigenvalue weighted by Crippen LogP contribution is -2.19. The van der Waals surface area contributed by atoms with Crippen molar-refractivity contribution in [2.75, 3.05) is 6.61 Å².